The molecule has 3 heteroatoms. The summed E-state index contributed by atoms with van der Waals surface area (Å²) in [5.41, 5.74) is 0.255. The Hall–Kier alpha value is -1.19. The Kier molecular flexibility index (Phi) is 12.3. The van der Waals surface area contributed by atoms with Gasteiger partial charge in [-0.05, 0) is 25.8 Å². The molecule has 0 unspecified atom stereocenters. The summed E-state index contributed by atoms with van der Waals surface area (Å²) in [7, 11) is 0. The van der Waals surface area contributed by atoms with Gasteiger partial charge >= 0.3 is 0 Å². The van der Waals surface area contributed by atoms with Crippen LogP contribution in [0.2, 0.25) is 0 Å². The molecule has 0 aliphatic carbocycles. The third-order valence-corrected chi connectivity index (χ3v) is 5.58. The number of ketones is 1. The Labute approximate surface area is 167 Å². The highest BCUT2D eigenvalue weighted by molar-refractivity contribution is 5.96. The molecule has 1 aromatic rings. The summed E-state index contributed by atoms with van der Waals surface area (Å²) in [6.07, 6.45) is 10.2. The first-order valence-corrected chi connectivity index (χ1v) is 11.1. The zero-order valence-corrected chi connectivity index (χ0v) is 17.9. The molecule has 154 valence electrons. The van der Waals surface area contributed by atoms with Gasteiger partial charge in [0, 0.05) is 25.1 Å². The number of benzene rings is 1. The van der Waals surface area contributed by atoms with Gasteiger partial charge in [0.25, 0.3) is 0 Å². The van der Waals surface area contributed by atoms with E-state index in [9.17, 15) is 9.90 Å². The number of carbonyl (C=O) groups excluding carboxylic acids is 1. The van der Waals surface area contributed by atoms with Crippen LogP contribution in [0.5, 0.6) is 0 Å². The average Bonchev–Trinajstić information content (AvgIpc) is 2.69. The monoisotopic (exact) mass is 375 g/mol. The van der Waals surface area contributed by atoms with E-state index in [0.717, 1.165) is 57.3 Å². The Balaban J connectivity index is 2.49. The van der Waals surface area contributed by atoms with Gasteiger partial charge in [0.15, 0.2) is 5.78 Å². The molecular weight excluding hydrogens is 334 g/mol. The van der Waals surface area contributed by atoms with Gasteiger partial charge < -0.3 is 10.0 Å². The smallest absolute Gasteiger partial charge is 0.164 e. The maximum absolute atomic E-state index is 12.3. The summed E-state index contributed by atoms with van der Waals surface area (Å²) in [6.45, 7) is 9.11. The molecule has 0 radical (unpaired) electrons. The van der Waals surface area contributed by atoms with E-state index in [4.69, 9.17) is 0 Å². The van der Waals surface area contributed by atoms with Gasteiger partial charge in [-0.15, -0.1) is 0 Å². The van der Waals surface area contributed by atoms with Crippen molar-refractivity contribution in [1.82, 2.24) is 4.90 Å². The van der Waals surface area contributed by atoms with E-state index in [1.54, 1.807) is 0 Å². The van der Waals surface area contributed by atoms with Crippen molar-refractivity contribution in [1.29, 1.82) is 0 Å². The third-order valence-electron chi connectivity index (χ3n) is 5.58. The van der Waals surface area contributed by atoms with Crippen molar-refractivity contribution in [2.45, 2.75) is 90.6 Å². The van der Waals surface area contributed by atoms with Gasteiger partial charge in [-0.3, -0.25) is 4.79 Å². The van der Waals surface area contributed by atoms with Crippen LogP contribution in [0.15, 0.2) is 30.3 Å². The lowest BCUT2D eigenvalue weighted by Gasteiger charge is -2.31. The number of unbranched alkanes of at least 4 members (excludes halogenated alkanes) is 4. The lowest BCUT2D eigenvalue weighted by Crippen LogP contribution is -2.36. The molecule has 27 heavy (non-hydrogen) atoms. The van der Waals surface area contributed by atoms with Crippen molar-refractivity contribution in [2.24, 2.45) is 0 Å². The van der Waals surface area contributed by atoms with E-state index in [-0.39, 0.29) is 5.78 Å². The minimum Gasteiger partial charge on any atom is -0.390 e. The maximum Gasteiger partial charge on any atom is 0.164 e. The van der Waals surface area contributed by atoms with Crippen LogP contribution in [-0.4, -0.2) is 41.0 Å². The van der Waals surface area contributed by atoms with Crippen molar-refractivity contribution in [3.05, 3.63) is 35.9 Å². The van der Waals surface area contributed by atoms with Gasteiger partial charge in [-0.2, -0.15) is 0 Å². The number of carbonyl (C=O) groups is 1. The standard InChI is InChI=1S/C24H41NO2/c1-4-7-12-17-24(27,18-13-8-5-2)19-21-25(6-3)20-16-23(26)22-14-10-9-11-15-22/h9-11,14-15,27H,4-8,12-13,16-21H2,1-3H3. The van der Waals surface area contributed by atoms with E-state index < -0.39 is 5.60 Å². The fourth-order valence-corrected chi connectivity index (χ4v) is 3.61. The Morgan fingerprint density at radius 1 is 0.889 bits per heavy atom. The number of hydrogen-bond donors (Lipinski definition) is 1. The lowest BCUT2D eigenvalue weighted by molar-refractivity contribution is 0.00137. The Morgan fingerprint density at radius 2 is 1.48 bits per heavy atom. The van der Waals surface area contributed by atoms with Gasteiger partial charge in [0.05, 0.1) is 5.60 Å². The van der Waals surface area contributed by atoms with Gasteiger partial charge in [0.1, 0.15) is 0 Å². The van der Waals surface area contributed by atoms with E-state index in [0.29, 0.717) is 6.42 Å². The van der Waals surface area contributed by atoms with E-state index in [1.807, 2.05) is 30.3 Å². The van der Waals surface area contributed by atoms with Crippen molar-refractivity contribution >= 4 is 5.78 Å². The maximum atomic E-state index is 12.3. The van der Waals surface area contributed by atoms with Gasteiger partial charge in [0.2, 0.25) is 0 Å². The van der Waals surface area contributed by atoms with Crippen LogP contribution in [0.25, 0.3) is 0 Å². The summed E-state index contributed by atoms with van der Waals surface area (Å²) >= 11 is 0. The first-order chi connectivity index (χ1) is 13.0. The fraction of sp³-hybridized carbons (Fsp3) is 0.708. The van der Waals surface area contributed by atoms with Crippen LogP contribution in [0.3, 0.4) is 0 Å². The number of rotatable bonds is 16. The van der Waals surface area contributed by atoms with Crippen molar-refractivity contribution in [3.63, 3.8) is 0 Å². The van der Waals surface area contributed by atoms with Crippen LogP contribution >= 0.6 is 0 Å². The van der Waals surface area contributed by atoms with Crippen molar-refractivity contribution in [3.8, 4) is 0 Å². The second-order valence-electron chi connectivity index (χ2n) is 7.86. The molecule has 0 aliphatic rings. The van der Waals surface area contributed by atoms with Crippen LogP contribution in [0.1, 0.15) is 95.3 Å². The summed E-state index contributed by atoms with van der Waals surface area (Å²) in [5, 5.41) is 11.2. The Morgan fingerprint density at radius 3 is 2.00 bits per heavy atom. The molecule has 0 atom stereocenters. The molecule has 1 N–H and O–H groups in total. The zero-order valence-electron chi connectivity index (χ0n) is 17.9. The minimum atomic E-state index is -0.540. The molecule has 1 aromatic carbocycles. The van der Waals surface area contributed by atoms with E-state index in [2.05, 4.69) is 25.7 Å². The minimum absolute atomic E-state index is 0.204. The quantitative estimate of drug-likeness (QED) is 0.290. The number of hydrogen-bond acceptors (Lipinski definition) is 3. The second-order valence-corrected chi connectivity index (χ2v) is 7.86. The molecule has 0 saturated carbocycles. The summed E-state index contributed by atoms with van der Waals surface area (Å²) < 4.78 is 0. The number of nitrogens with zero attached hydrogens (tertiary/aromatic N) is 1. The highest BCUT2D eigenvalue weighted by atomic mass is 16.3. The van der Waals surface area contributed by atoms with Crippen LogP contribution in [0.4, 0.5) is 0 Å². The van der Waals surface area contributed by atoms with Crippen LogP contribution in [-0.2, 0) is 0 Å². The molecule has 0 saturated heterocycles. The van der Waals surface area contributed by atoms with Gasteiger partial charge in [-0.1, -0.05) is 89.6 Å². The predicted molar refractivity (Wildman–Crippen MR) is 115 cm³/mol. The molecule has 0 aliphatic heterocycles. The topological polar surface area (TPSA) is 40.5 Å². The average molecular weight is 376 g/mol. The molecule has 3 nitrogen and oxygen atoms in total. The molecule has 0 heterocycles. The SMILES string of the molecule is CCCCCC(O)(CCCCC)CCN(CC)CCC(=O)c1ccccc1. The van der Waals surface area contributed by atoms with E-state index in [1.165, 1.54) is 25.7 Å². The van der Waals surface area contributed by atoms with Crippen LogP contribution < -0.4 is 0 Å². The molecule has 0 amide bonds. The Bertz CT molecular complexity index is 490. The molecule has 0 spiro atoms. The summed E-state index contributed by atoms with van der Waals surface area (Å²) in [5.74, 6) is 0.204. The first kappa shape index (κ1) is 23.8. The zero-order chi connectivity index (χ0) is 20.0. The largest absolute Gasteiger partial charge is 0.390 e. The first-order valence-electron chi connectivity index (χ1n) is 11.1. The number of aliphatic hydroxyl groups is 1. The van der Waals surface area contributed by atoms with Crippen molar-refractivity contribution < 1.29 is 9.90 Å². The normalized spacial score (nSPS) is 11.9. The van der Waals surface area contributed by atoms with Crippen molar-refractivity contribution in [2.75, 3.05) is 19.6 Å². The predicted octanol–water partition coefficient (Wildman–Crippen LogP) is 5.86. The second kappa shape index (κ2) is 13.9. The molecule has 1 rings (SSSR count). The fourth-order valence-electron chi connectivity index (χ4n) is 3.61. The van der Waals surface area contributed by atoms with E-state index >= 15 is 0 Å². The highest BCUT2D eigenvalue weighted by Gasteiger charge is 2.26. The molecular formula is C24H41NO2. The number of Topliss-reactive ketones (excluding diaryl/α,β-unsaturated/α-hetero) is 1. The molecule has 0 fully saturated rings. The highest BCUT2D eigenvalue weighted by Crippen LogP contribution is 2.26. The molecule has 0 bridgehead atoms. The van der Waals surface area contributed by atoms with Gasteiger partial charge in [-0.25, -0.2) is 0 Å². The third kappa shape index (κ3) is 10.1. The lowest BCUT2D eigenvalue weighted by atomic mass is 9.87. The summed E-state index contributed by atoms with van der Waals surface area (Å²) in [4.78, 5) is 14.6. The summed E-state index contributed by atoms with van der Waals surface area (Å²) in [6, 6.07) is 9.54. The molecule has 0 aromatic heterocycles. The van der Waals surface area contributed by atoms with Crippen LogP contribution in [0, 0.1) is 0 Å².